The van der Waals surface area contributed by atoms with Crippen molar-refractivity contribution in [2.75, 3.05) is 13.1 Å². The molecule has 0 spiro atoms. The lowest BCUT2D eigenvalue weighted by Crippen LogP contribution is -2.74. The van der Waals surface area contributed by atoms with Crippen molar-refractivity contribution in [2.45, 2.75) is 88.4 Å². The van der Waals surface area contributed by atoms with Gasteiger partial charge in [0.2, 0.25) is 12.3 Å². The third-order valence-corrected chi connectivity index (χ3v) is 10.8. The van der Waals surface area contributed by atoms with E-state index in [0.29, 0.717) is 37.2 Å². The Morgan fingerprint density at radius 3 is 2.70 bits per heavy atom. The van der Waals surface area contributed by atoms with Gasteiger partial charge in [-0.25, -0.2) is 0 Å². The maximum Gasteiger partial charge on any atom is 0.247 e. The molecule has 2 amide bonds. The van der Waals surface area contributed by atoms with E-state index in [0.717, 1.165) is 53.0 Å². The van der Waals surface area contributed by atoms with E-state index >= 15 is 0 Å². The number of nitrogens with two attached hydrogens (primary N) is 1. The van der Waals surface area contributed by atoms with Crippen LogP contribution in [0.3, 0.4) is 0 Å². The highest BCUT2D eigenvalue weighted by Gasteiger charge is 2.60. The molecule has 1 saturated heterocycles. The number of aromatic hydroxyl groups is 1. The van der Waals surface area contributed by atoms with Gasteiger partial charge in [-0.1, -0.05) is 30.3 Å². The third kappa shape index (κ3) is 5.19. The lowest BCUT2D eigenvalue weighted by Gasteiger charge is -2.61. The number of amides is 2. The average Bonchev–Trinajstić information content (AvgIpc) is 3.75. The zero-order chi connectivity index (χ0) is 30.5. The minimum absolute atomic E-state index is 0.0315. The first kappa shape index (κ1) is 29.6. The van der Waals surface area contributed by atoms with Gasteiger partial charge in [0.05, 0.1) is 12.1 Å². The maximum atomic E-state index is 13.5. The minimum atomic E-state index is -0.726. The van der Waals surface area contributed by atoms with Crippen molar-refractivity contribution >= 4 is 12.3 Å². The Kier molecular flexibility index (Phi) is 7.73. The maximum absolute atomic E-state index is 13.5. The number of nitrogens with one attached hydrogen (secondary N) is 2. The normalized spacial score (nSPS) is 30.9. The number of hydrogen-bond acceptors (Lipinski definition) is 6. The first-order chi connectivity index (χ1) is 20.6. The number of hydrogen-bond donors (Lipinski definition) is 5. The Labute approximate surface area is 254 Å². The minimum Gasteiger partial charge on any atom is -0.508 e. The Hall–Kier alpha value is -3.46. The number of rotatable bonds is 8. The number of carbonyl (C=O) groups excluding carboxylic acids is 2. The average molecular weight is 585 g/mol. The molecule has 0 bridgehead atoms. The molecule has 8 nitrogen and oxygen atoms in total. The van der Waals surface area contributed by atoms with E-state index in [9.17, 15) is 19.8 Å². The van der Waals surface area contributed by atoms with Crippen LogP contribution in [0.4, 0.5) is 0 Å². The van der Waals surface area contributed by atoms with Gasteiger partial charge < -0.3 is 26.6 Å². The van der Waals surface area contributed by atoms with Gasteiger partial charge in [-0.15, -0.1) is 0 Å². The fourth-order valence-electron chi connectivity index (χ4n) is 8.06. The summed E-state index contributed by atoms with van der Waals surface area (Å²) >= 11 is 0. The standard InChI is InChI=1S/C35H44N4O4/c1-21-8-11-27(41)16-29(21)34-12-13-39(19-24-9-10-24)23(3)35(34,36)17-26(30(18-34)37-20-40)14-22(2)33(43)38-32-28-7-5-4-6-25(28)15-31(32)42/h4-8,11,14,16,20,23-24,31-32,41-42H,9-10,12-13,15,17-19,36H2,1-3H3,(H,37,40)(H,38,43)/b22-14+. The van der Waals surface area contributed by atoms with Crippen LogP contribution in [-0.2, 0) is 21.4 Å². The number of piperidine rings is 1. The highest BCUT2D eigenvalue weighted by Crippen LogP contribution is 2.55. The largest absolute Gasteiger partial charge is 0.508 e. The van der Waals surface area contributed by atoms with Crippen LogP contribution in [0.2, 0.25) is 0 Å². The number of fused-ring (bicyclic) bond motifs is 2. The molecule has 5 unspecified atom stereocenters. The van der Waals surface area contributed by atoms with E-state index < -0.39 is 23.1 Å². The Morgan fingerprint density at radius 2 is 1.95 bits per heavy atom. The second-order valence-electron chi connectivity index (χ2n) is 13.4. The second kappa shape index (κ2) is 11.2. The molecule has 1 heterocycles. The van der Waals surface area contributed by atoms with Crippen molar-refractivity contribution in [1.29, 1.82) is 0 Å². The van der Waals surface area contributed by atoms with Crippen LogP contribution in [0.25, 0.3) is 0 Å². The second-order valence-corrected chi connectivity index (χ2v) is 13.4. The monoisotopic (exact) mass is 584 g/mol. The number of carbonyl (C=O) groups is 2. The summed E-state index contributed by atoms with van der Waals surface area (Å²) in [5, 5.41) is 27.3. The number of aryl methyl sites for hydroxylation is 1. The van der Waals surface area contributed by atoms with Crippen LogP contribution in [-0.4, -0.2) is 58.2 Å². The van der Waals surface area contributed by atoms with E-state index in [1.807, 2.05) is 42.5 Å². The molecule has 1 saturated carbocycles. The number of aliphatic hydroxyl groups is 1. The van der Waals surface area contributed by atoms with Crippen LogP contribution >= 0.6 is 0 Å². The number of likely N-dealkylation sites (tertiary alicyclic amines) is 1. The topological polar surface area (TPSA) is 128 Å². The van der Waals surface area contributed by atoms with E-state index in [-0.39, 0.29) is 17.7 Å². The molecule has 6 rings (SSSR count). The summed E-state index contributed by atoms with van der Waals surface area (Å²) in [6, 6.07) is 12.8. The first-order valence-electron chi connectivity index (χ1n) is 15.6. The molecular formula is C35H44N4O4. The van der Waals surface area contributed by atoms with Crippen LogP contribution in [0.1, 0.15) is 74.2 Å². The van der Waals surface area contributed by atoms with Crippen LogP contribution in [0.15, 0.2) is 65.4 Å². The first-order valence-corrected chi connectivity index (χ1v) is 15.6. The molecule has 0 aromatic heterocycles. The van der Waals surface area contributed by atoms with E-state index in [1.165, 1.54) is 12.8 Å². The van der Waals surface area contributed by atoms with Crippen LogP contribution in [0.5, 0.6) is 5.75 Å². The molecular weight excluding hydrogens is 540 g/mol. The van der Waals surface area contributed by atoms with Gasteiger partial charge in [-0.3, -0.25) is 14.5 Å². The Bertz CT molecular complexity index is 1500. The fraction of sp³-hybridized carbons (Fsp3) is 0.486. The quantitative estimate of drug-likeness (QED) is 0.238. The number of nitrogens with zero attached hydrogens (tertiary/aromatic N) is 1. The molecule has 2 aromatic rings. The van der Waals surface area contributed by atoms with E-state index in [1.54, 1.807) is 13.0 Å². The molecule has 3 aliphatic carbocycles. The van der Waals surface area contributed by atoms with Crippen molar-refractivity contribution < 1.29 is 19.8 Å². The van der Waals surface area contributed by atoms with Crippen molar-refractivity contribution in [2.24, 2.45) is 11.7 Å². The molecule has 228 valence electrons. The van der Waals surface area contributed by atoms with Crippen molar-refractivity contribution in [3.8, 4) is 5.75 Å². The highest BCUT2D eigenvalue weighted by molar-refractivity contribution is 5.93. The lowest BCUT2D eigenvalue weighted by atomic mass is 9.51. The zero-order valence-electron chi connectivity index (χ0n) is 25.4. The summed E-state index contributed by atoms with van der Waals surface area (Å²) in [6.07, 6.45) is 6.63. The molecule has 1 aliphatic heterocycles. The van der Waals surface area contributed by atoms with Crippen LogP contribution in [0, 0.1) is 12.8 Å². The summed E-state index contributed by atoms with van der Waals surface area (Å²) in [6.45, 7) is 7.95. The number of phenolic OH excluding ortho intramolecular Hbond substituents is 1. The van der Waals surface area contributed by atoms with Gasteiger partial charge in [0.1, 0.15) is 5.75 Å². The van der Waals surface area contributed by atoms with Crippen molar-refractivity contribution in [3.63, 3.8) is 0 Å². The predicted molar refractivity (Wildman–Crippen MR) is 166 cm³/mol. The third-order valence-electron chi connectivity index (χ3n) is 10.8. The molecule has 8 heteroatoms. The summed E-state index contributed by atoms with van der Waals surface area (Å²) in [4.78, 5) is 27.9. The molecule has 2 fully saturated rings. The van der Waals surface area contributed by atoms with Crippen LogP contribution < -0.4 is 16.4 Å². The number of phenols is 1. The summed E-state index contributed by atoms with van der Waals surface area (Å²) in [5.74, 6) is 0.652. The zero-order valence-corrected chi connectivity index (χ0v) is 25.4. The van der Waals surface area contributed by atoms with Gasteiger partial charge in [-0.05, 0) is 111 Å². The number of allylic oxidation sites excluding steroid dienone is 2. The molecule has 5 atom stereocenters. The van der Waals surface area contributed by atoms with Gasteiger partial charge >= 0.3 is 0 Å². The lowest BCUT2D eigenvalue weighted by molar-refractivity contribution is -0.119. The highest BCUT2D eigenvalue weighted by atomic mass is 16.3. The van der Waals surface area contributed by atoms with Crippen molar-refractivity contribution in [3.05, 3.63) is 87.6 Å². The Balaban J connectivity index is 1.38. The fourth-order valence-corrected chi connectivity index (χ4v) is 8.06. The SMILES string of the molecule is C/C(=C\C1=C(NC=O)CC2(c3cc(O)ccc3C)CCN(CC3CC3)C(C)C2(N)C1)C(=O)NC1c2ccccc2CC1O. The van der Waals surface area contributed by atoms with E-state index in [4.69, 9.17) is 5.73 Å². The number of aliphatic hydroxyl groups excluding tert-OH is 1. The molecule has 43 heavy (non-hydrogen) atoms. The predicted octanol–water partition coefficient (Wildman–Crippen LogP) is 3.65. The summed E-state index contributed by atoms with van der Waals surface area (Å²) in [7, 11) is 0. The van der Waals surface area contributed by atoms with Gasteiger partial charge in [0.15, 0.2) is 0 Å². The van der Waals surface area contributed by atoms with E-state index in [2.05, 4.69) is 29.4 Å². The van der Waals surface area contributed by atoms with Gasteiger partial charge in [0, 0.05) is 41.2 Å². The van der Waals surface area contributed by atoms with Gasteiger partial charge in [-0.2, -0.15) is 0 Å². The number of benzene rings is 2. The van der Waals surface area contributed by atoms with Gasteiger partial charge in [0.25, 0.3) is 0 Å². The van der Waals surface area contributed by atoms with Crippen molar-refractivity contribution in [1.82, 2.24) is 15.5 Å². The molecule has 4 aliphatic rings. The summed E-state index contributed by atoms with van der Waals surface area (Å²) in [5.41, 5.74) is 12.5. The molecule has 2 aromatic carbocycles. The summed E-state index contributed by atoms with van der Waals surface area (Å²) < 4.78 is 0. The smallest absolute Gasteiger partial charge is 0.247 e. The molecule has 6 N–H and O–H groups in total. The molecule has 0 radical (unpaired) electrons. The Morgan fingerprint density at radius 1 is 1.19 bits per heavy atom.